The Bertz CT molecular complexity index is 883. The van der Waals surface area contributed by atoms with Gasteiger partial charge in [0.25, 0.3) is 0 Å². The van der Waals surface area contributed by atoms with Gasteiger partial charge in [0.05, 0.1) is 24.5 Å². The van der Waals surface area contributed by atoms with Gasteiger partial charge in [-0.1, -0.05) is 0 Å². The Morgan fingerprint density at radius 2 is 2.30 bits per heavy atom. The molecule has 160 valence electrons. The Hall–Kier alpha value is -3.40. The minimum Gasteiger partial charge on any atom is -0.488 e. The van der Waals surface area contributed by atoms with Gasteiger partial charge in [-0.3, -0.25) is 14.7 Å². The largest absolute Gasteiger partial charge is 0.488 e. The first kappa shape index (κ1) is 21.3. The van der Waals surface area contributed by atoms with Crippen molar-refractivity contribution in [3.63, 3.8) is 0 Å². The normalized spacial score (nSPS) is 16.7. The van der Waals surface area contributed by atoms with Crippen molar-refractivity contribution in [3.05, 3.63) is 48.5 Å². The van der Waals surface area contributed by atoms with E-state index in [0.717, 1.165) is 11.8 Å². The number of aromatic nitrogens is 1. The van der Waals surface area contributed by atoms with Crippen LogP contribution in [0.2, 0.25) is 0 Å². The zero-order chi connectivity index (χ0) is 21.5. The van der Waals surface area contributed by atoms with E-state index in [0.29, 0.717) is 5.69 Å². The van der Waals surface area contributed by atoms with Crippen molar-refractivity contribution in [2.24, 2.45) is 0 Å². The van der Waals surface area contributed by atoms with Gasteiger partial charge in [0.15, 0.2) is 11.6 Å². The number of nitrogens with one attached hydrogen (secondary N) is 2. The third-order valence-electron chi connectivity index (χ3n) is 4.31. The Kier molecular flexibility index (Phi) is 7.02. The van der Waals surface area contributed by atoms with Crippen molar-refractivity contribution in [2.75, 3.05) is 36.5 Å². The van der Waals surface area contributed by atoms with Crippen LogP contribution in [0.25, 0.3) is 0 Å². The van der Waals surface area contributed by atoms with E-state index in [4.69, 9.17) is 9.47 Å². The first-order chi connectivity index (χ1) is 14.4. The highest BCUT2D eigenvalue weighted by Crippen LogP contribution is 2.27. The Morgan fingerprint density at radius 3 is 3.00 bits per heavy atom. The summed E-state index contributed by atoms with van der Waals surface area (Å²) in [5.41, 5.74) is 1.07. The Morgan fingerprint density at radius 1 is 1.47 bits per heavy atom. The molecule has 3 rings (SSSR count). The number of hydrogen-bond donors (Lipinski definition) is 3. The van der Waals surface area contributed by atoms with Crippen LogP contribution >= 0.6 is 0 Å². The number of cyclic esters (lactones) is 1. The first-order valence-corrected chi connectivity index (χ1v) is 9.39. The predicted molar refractivity (Wildman–Crippen MR) is 107 cm³/mol. The minimum atomic E-state index is -0.868. The van der Waals surface area contributed by atoms with Gasteiger partial charge in [-0.25, -0.2) is 9.18 Å². The van der Waals surface area contributed by atoms with E-state index in [2.05, 4.69) is 15.6 Å². The first-order valence-electron chi connectivity index (χ1n) is 9.39. The molecule has 3 N–H and O–H groups in total. The fourth-order valence-electron chi connectivity index (χ4n) is 2.82. The van der Waals surface area contributed by atoms with E-state index in [-0.39, 0.29) is 37.9 Å². The van der Waals surface area contributed by atoms with Crippen molar-refractivity contribution in [1.82, 2.24) is 10.3 Å². The average Bonchev–Trinajstić information content (AvgIpc) is 3.11. The number of amides is 2. The van der Waals surface area contributed by atoms with Gasteiger partial charge < -0.3 is 25.2 Å². The van der Waals surface area contributed by atoms with E-state index in [9.17, 15) is 19.1 Å². The maximum absolute atomic E-state index is 14.4. The summed E-state index contributed by atoms with van der Waals surface area (Å²) in [6, 6.07) is 7.65. The molecule has 1 aliphatic heterocycles. The number of halogens is 1. The van der Waals surface area contributed by atoms with Crippen LogP contribution in [0.3, 0.4) is 0 Å². The summed E-state index contributed by atoms with van der Waals surface area (Å²) in [5, 5.41) is 15.6. The lowest BCUT2D eigenvalue weighted by atomic mass is 10.2. The molecule has 1 saturated heterocycles. The molecule has 1 aliphatic rings. The molecule has 0 spiro atoms. The van der Waals surface area contributed by atoms with Crippen LogP contribution in [0.5, 0.6) is 5.75 Å². The molecule has 2 aromatic rings. The highest BCUT2D eigenvalue weighted by Gasteiger charge is 2.32. The number of aliphatic hydroxyl groups is 1. The van der Waals surface area contributed by atoms with Gasteiger partial charge in [0.1, 0.15) is 18.8 Å². The van der Waals surface area contributed by atoms with E-state index >= 15 is 0 Å². The molecule has 10 heteroatoms. The lowest BCUT2D eigenvalue weighted by Crippen LogP contribution is -2.33. The van der Waals surface area contributed by atoms with Gasteiger partial charge in [-0.15, -0.1) is 0 Å². The zero-order valence-corrected chi connectivity index (χ0v) is 16.4. The molecule has 0 saturated carbocycles. The van der Waals surface area contributed by atoms with Gasteiger partial charge >= 0.3 is 6.09 Å². The average molecular weight is 418 g/mol. The van der Waals surface area contributed by atoms with E-state index < -0.39 is 24.1 Å². The number of anilines is 2. The number of carbonyl (C=O) groups is 2. The third kappa shape index (κ3) is 5.80. The monoisotopic (exact) mass is 418 g/mol. The van der Waals surface area contributed by atoms with Crippen LogP contribution in [0.1, 0.15) is 6.92 Å². The number of carbonyl (C=O) groups excluding carboxylic acids is 2. The molecule has 2 atom stereocenters. The summed E-state index contributed by atoms with van der Waals surface area (Å²) in [4.78, 5) is 28.2. The number of rotatable bonds is 9. The van der Waals surface area contributed by atoms with Crippen molar-refractivity contribution < 1.29 is 28.6 Å². The quantitative estimate of drug-likeness (QED) is 0.566. The van der Waals surface area contributed by atoms with E-state index in [1.807, 2.05) is 6.07 Å². The van der Waals surface area contributed by atoms with Gasteiger partial charge in [-0.05, 0) is 24.3 Å². The smallest absolute Gasteiger partial charge is 0.414 e. The number of hydrogen-bond acceptors (Lipinski definition) is 7. The molecule has 1 aromatic carbocycles. The molecular weight excluding hydrogens is 395 g/mol. The second kappa shape index (κ2) is 9.88. The van der Waals surface area contributed by atoms with Crippen LogP contribution < -0.4 is 20.3 Å². The second-order valence-corrected chi connectivity index (χ2v) is 6.76. The molecule has 1 fully saturated rings. The summed E-state index contributed by atoms with van der Waals surface area (Å²) < 4.78 is 24.9. The fraction of sp³-hybridized carbons (Fsp3) is 0.350. The lowest BCUT2D eigenvalue weighted by molar-refractivity contribution is -0.119. The minimum absolute atomic E-state index is 0.0402. The van der Waals surface area contributed by atoms with E-state index in [1.165, 1.54) is 24.0 Å². The summed E-state index contributed by atoms with van der Waals surface area (Å²) in [6.45, 7) is 1.84. The van der Waals surface area contributed by atoms with Crippen LogP contribution in [-0.2, 0) is 9.53 Å². The Labute approximate surface area is 172 Å². The van der Waals surface area contributed by atoms with Crippen molar-refractivity contribution in [1.29, 1.82) is 0 Å². The standard InChI is InChI=1S/C20H23FN4O5/c1-13(26)23-10-17-11-25(20(28)30-17)15-4-5-19(18(21)7-15)29-12-16(27)9-24-14-3-2-6-22-8-14/h2-8,16-17,24,27H,9-12H2,1H3,(H,23,26)/t16-,17-/m0/s1. The number of ether oxygens (including phenoxy) is 2. The Balaban J connectivity index is 1.51. The highest BCUT2D eigenvalue weighted by molar-refractivity contribution is 5.89. The maximum Gasteiger partial charge on any atom is 0.414 e. The predicted octanol–water partition coefficient (Wildman–Crippen LogP) is 1.53. The van der Waals surface area contributed by atoms with E-state index in [1.54, 1.807) is 18.5 Å². The van der Waals surface area contributed by atoms with Crippen molar-refractivity contribution >= 4 is 23.4 Å². The molecule has 2 heterocycles. The molecule has 0 bridgehead atoms. The maximum atomic E-state index is 14.4. The van der Waals surface area contributed by atoms with Crippen LogP contribution in [0.15, 0.2) is 42.7 Å². The molecule has 0 aliphatic carbocycles. The van der Waals surface area contributed by atoms with Crippen LogP contribution in [-0.4, -0.2) is 60.5 Å². The molecule has 30 heavy (non-hydrogen) atoms. The van der Waals surface area contributed by atoms with Crippen molar-refractivity contribution in [3.8, 4) is 5.75 Å². The number of pyridine rings is 1. The molecule has 1 aromatic heterocycles. The third-order valence-corrected chi connectivity index (χ3v) is 4.31. The molecule has 0 unspecified atom stereocenters. The summed E-state index contributed by atoms with van der Waals surface area (Å²) in [5.74, 6) is -0.936. The summed E-state index contributed by atoms with van der Waals surface area (Å²) in [6.07, 6.45) is 1.27. The fourth-order valence-corrected chi connectivity index (χ4v) is 2.82. The number of nitrogens with zero attached hydrogens (tertiary/aromatic N) is 2. The summed E-state index contributed by atoms with van der Waals surface area (Å²) >= 11 is 0. The molecule has 2 amide bonds. The van der Waals surface area contributed by atoms with Crippen LogP contribution in [0, 0.1) is 5.82 Å². The summed E-state index contributed by atoms with van der Waals surface area (Å²) in [7, 11) is 0. The van der Waals surface area contributed by atoms with Gasteiger partial charge in [-0.2, -0.15) is 0 Å². The second-order valence-electron chi connectivity index (χ2n) is 6.76. The topological polar surface area (TPSA) is 113 Å². The number of aliphatic hydroxyl groups excluding tert-OH is 1. The van der Waals surface area contributed by atoms with Crippen molar-refractivity contribution in [2.45, 2.75) is 19.1 Å². The zero-order valence-electron chi connectivity index (χ0n) is 16.4. The van der Waals surface area contributed by atoms with Crippen LogP contribution in [0.4, 0.5) is 20.6 Å². The SMILES string of the molecule is CC(=O)NC[C@H]1CN(c2ccc(OC[C@@H](O)CNc3cccnc3)c(F)c2)C(=O)O1. The van der Waals surface area contributed by atoms with Gasteiger partial charge in [0.2, 0.25) is 5.91 Å². The molecular formula is C20H23FN4O5. The number of benzene rings is 1. The highest BCUT2D eigenvalue weighted by atomic mass is 19.1. The molecule has 0 radical (unpaired) electrons. The van der Waals surface area contributed by atoms with Gasteiger partial charge in [0, 0.05) is 31.9 Å². The molecule has 9 nitrogen and oxygen atoms in total. The lowest BCUT2D eigenvalue weighted by Gasteiger charge is -2.16.